The fraction of sp³-hybridized carbons (Fsp3) is 0.333. The molecule has 0 fully saturated rings. The molecule has 2 heterocycles. The fourth-order valence-corrected chi connectivity index (χ4v) is 2.60. The van der Waals surface area contributed by atoms with Gasteiger partial charge in [-0.05, 0) is 31.5 Å². The van der Waals surface area contributed by atoms with Gasteiger partial charge in [0.25, 0.3) is 0 Å². The number of rotatable bonds is 5. The second kappa shape index (κ2) is 6.10. The molecule has 0 saturated carbocycles. The molecule has 2 aromatic heterocycles. The summed E-state index contributed by atoms with van der Waals surface area (Å²) in [5.74, 6) is 0.814. The van der Waals surface area contributed by atoms with Crippen molar-refractivity contribution in [2.75, 3.05) is 6.54 Å². The quantitative estimate of drug-likeness (QED) is 0.847. The molecule has 0 bridgehead atoms. The van der Waals surface area contributed by atoms with Gasteiger partial charge < -0.3 is 5.32 Å². The van der Waals surface area contributed by atoms with Crippen molar-refractivity contribution in [1.29, 1.82) is 0 Å². The molecule has 1 N–H and O–H groups in total. The maximum atomic E-state index is 5.87. The SMILES string of the molecule is Cc1nccc(CNCCc2ccc(Cl)s2)n1. The predicted molar refractivity (Wildman–Crippen MR) is 71.5 cm³/mol. The molecule has 17 heavy (non-hydrogen) atoms. The molecule has 0 aromatic carbocycles. The number of hydrogen-bond acceptors (Lipinski definition) is 4. The van der Waals surface area contributed by atoms with Crippen molar-refractivity contribution in [2.24, 2.45) is 0 Å². The lowest BCUT2D eigenvalue weighted by molar-refractivity contribution is 0.674. The topological polar surface area (TPSA) is 37.8 Å². The zero-order valence-corrected chi connectivity index (χ0v) is 11.2. The molecular weight excluding hydrogens is 254 g/mol. The molecule has 0 aliphatic heterocycles. The highest BCUT2D eigenvalue weighted by atomic mass is 35.5. The number of nitrogens with one attached hydrogen (secondary N) is 1. The van der Waals surface area contributed by atoms with Crippen LogP contribution in [0.25, 0.3) is 0 Å². The summed E-state index contributed by atoms with van der Waals surface area (Å²) >= 11 is 7.50. The van der Waals surface area contributed by atoms with Crippen molar-refractivity contribution < 1.29 is 0 Å². The smallest absolute Gasteiger partial charge is 0.125 e. The summed E-state index contributed by atoms with van der Waals surface area (Å²) in [5.41, 5.74) is 1.03. The first-order chi connectivity index (χ1) is 8.24. The third-order valence-corrected chi connectivity index (χ3v) is 3.61. The molecule has 0 aliphatic carbocycles. The maximum absolute atomic E-state index is 5.87. The molecule has 0 saturated heterocycles. The van der Waals surface area contributed by atoms with E-state index in [1.807, 2.05) is 19.1 Å². The third kappa shape index (κ3) is 4.07. The van der Waals surface area contributed by atoms with Crippen LogP contribution in [0.1, 0.15) is 16.4 Å². The van der Waals surface area contributed by atoms with Crippen LogP contribution < -0.4 is 5.32 Å². The van der Waals surface area contributed by atoms with E-state index < -0.39 is 0 Å². The van der Waals surface area contributed by atoms with E-state index in [0.29, 0.717) is 0 Å². The number of halogens is 1. The number of hydrogen-bond donors (Lipinski definition) is 1. The molecule has 90 valence electrons. The molecule has 0 aliphatic rings. The van der Waals surface area contributed by atoms with Gasteiger partial charge in [0.15, 0.2) is 0 Å². The van der Waals surface area contributed by atoms with Crippen LogP contribution in [0.15, 0.2) is 24.4 Å². The summed E-state index contributed by atoms with van der Waals surface area (Å²) in [6.07, 6.45) is 2.79. The minimum absolute atomic E-state index is 0.780. The van der Waals surface area contributed by atoms with Crippen LogP contribution in [-0.4, -0.2) is 16.5 Å². The normalized spacial score (nSPS) is 10.7. The Morgan fingerprint density at radius 3 is 2.94 bits per heavy atom. The minimum Gasteiger partial charge on any atom is -0.311 e. The van der Waals surface area contributed by atoms with E-state index in [9.17, 15) is 0 Å². The molecule has 0 spiro atoms. The Balaban J connectivity index is 1.73. The van der Waals surface area contributed by atoms with Crippen LogP contribution in [0.3, 0.4) is 0 Å². The van der Waals surface area contributed by atoms with Gasteiger partial charge in [-0.2, -0.15) is 0 Å². The summed E-state index contributed by atoms with van der Waals surface area (Å²) in [6.45, 7) is 3.61. The molecule has 0 radical (unpaired) electrons. The summed E-state index contributed by atoms with van der Waals surface area (Å²) in [6, 6.07) is 5.95. The highest BCUT2D eigenvalue weighted by molar-refractivity contribution is 7.16. The van der Waals surface area contributed by atoms with E-state index >= 15 is 0 Å². The van der Waals surface area contributed by atoms with Gasteiger partial charge in [-0.1, -0.05) is 11.6 Å². The van der Waals surface area contributed by atoms with E-state index in [0.717, 1.165) is 35.4 Å². The van der Waals surface area contributed by atoms with E-state index in [-0.39, 0.29) is 0 Å². The molecule has 5 heteroatoms. The standard InChI is InChI=1S/C12H14ClN3S/c1-9-15-7-4-10(16-9)8-14-6-5-11-2-3-12(13)17-11/h2-4,7,14H,5-6,8H2,1H3. The lowest BCUT2D eigenvalue weighted by atomic mass is 10.3. The molecule has 2 aromatic rings. The Labute approximate surface area is 110 Å². The van der Waals surface area contributed by atoms with Crippen LogP contribution in [0.5, 0.6) is 0 Å². The van der Waals surface area contributed by atoms with Crippen LogP contribution in [0, 0.1) is 6.92 Å². The molecule has 2 rings (SSSR count). The highest BCUT2D eigenvalue weighted by Gasteiger charge is 1.98. The summed E-state index contributed by atoms with van der Waals surface area (Å²) in [4.78, 5) is 9.70. The highest BCUT2D eigenvalue weighted by Crippen LogP contribution is 2.21. The van der Waals surface area contributed by atoms with Crippen molar-refractivity contribution in [2.45, 2.75) is 19.9 Å². The zero-order valence-electron chi connectivity index (χ0n) is 9.61. The average Bonchev–Trinajstić information content (AvgIpc) is 2.71. The first-order valence-corrected chi connectivity index (χ1v) is 6.67. The summed E-state index contributed by atoms with van der Waals surface area (Å²) < 4.78 is 0.853. The van der Waals surface area contributed by atoms with E-state index in [1.165, 1.54) is 4.88 Å². The van der Waals surface area contributed by atoms with Crippen molar-refractivity contribution in [1.82, 2.24) is 15.3 Å². The van der Waals surface area contributed by atoms with Gasteiger partial charge in [0.1, 0.15) is 5.82 Å². The van der Waals surface area contributed by atoms with Gasteiger partial charge >= 0.3 is 0 Å². The molecule has 3 nitrogen and oxygen atoms in total. The van der Waals surface area contributed by atoms with E-state index in [4.69, 9.17) is 11.6 Å². The number of aryl methyl sites for hydroxylation is 1. The van der Waals surface area contributed by atoms with Crippen molar-refractivity contribution in [3.8, 4) is 0 Å². The van der Waals surface area contributed by atoms with Crippen molar-refractivity contribution in [3.05, 3.63) is 45.1 Å². The first-order valence-electron chi connectivity index (χ1n) is 5.47. The van der Waals surface area contributed by atoms with Gasteiger partial charge in [-0.15, -0.1) is 11.3 Å². The predicted octanol–water partition coefficient (Wildman–Crippen LogP) is 2.83. The third-order valence-electron chi connectivity index (χ3n) is 2.32. The zero-order chi connectivity index (χ0) is 12.1. The van der Waals surface area contributed by atoms with E-state index in [1.54, 1.807) is 17.5 Å². The van der Waals surface area contributed by atoms with Crippen molar-refractivity contribution >= 4 is 22.9 Å². The average molecular weight is 268 g/mol. The van der Waals surface area contributed by atoms with Gasteiger partial charge in [-0.25, -0.2) is 9.97 Å². The molecule has 0 unspecified atom stereocenters. The van der Waals surface area contributed by atoms with Gasteiger partial charge in [0, 0.05) is 24.2 Å². The van der Waals surface area contributed by atoms with Gasteiger partial charge in [0.05, 0.1) is 10.0 Å². The second-order valence-corrected chi connectivity index (χ2v) is 5.53. The van der Waals surface area contributed by atoms with Crippen LogP contribution >= 0.6 is 22.9 Å². The number of thiophene rings is 1. The second-order valence-electron chi connectivity index (χ2n) is 3.73. The van der Waals surface area contributed by atoms with Gasteiger partial charge in [-0.3, -0.25) is 0 Å². The minimum atomic E-state index is 0.780. The fourth-order valence-electron chi connectivity index (χ4n) is 1.52. The monoisotopic (exact) mass is 267 g/mol. The van der Waals surface area contributed by atoms with Crippen LogP contribution in [0.4, 0.5) is 0 Å². The first kappa shape index (κ1) is 12.5. The lowest BCUT2D eigenvalue weighted by Crippen LogP contribution is -2.17. The maximum Gasteiger partial charge on any atom is 0.125 e. The van der Waals surface area contributed by atoms with Gasteiger partial charge in [0.2, 0.25) is 0 Å². The molecule has 0 atom stereocenters. The molecular formula is C12H14ClN3S. The Hall–Kier alpha value is -0.970. The van der Waals surface area contributed by atoms with E-state index in [2.05, 4.69) is 21.4 Å². The van der Waals surface area contributed by atoms with Crippen molar-refractivity contribution in [3.63, 3.8) is 0 Å². The summed E-state index contributed by atoms with van der Waals surface area (Å²) in [7, 11) is 0. The Kier molecular flexibility index (Phi) is 4.48. The summed E-state index contributed by atoms with van der Waals surface area (Å²) in [5, 5.41) is 3.36. The number of aromatic nitrogens is 2. The van der Waals surface area contributed by atoms with Crippen LogP contribution in [0.2, 0.25) is 4.34 Å². The lowest BCUT2D eigenvalue weighted by Gasteiger charge is -2.03. The van der Waals surface area contributed by atoms with Crippen LogP contribution in [-0.2, 0) is 13.0 Å². The Morgan fingerprint density at radius 1 is 1.35 bits per heavy atom. The molecule has 0 amide bonds. The number of nitrogens with zero attached hydrogens (tertiary/aromatic N) is 2. The Bertz CT molecular complexity index is 484. The largest absolute Gasteiger partial charge is 0.311 e. The Morgan fingerprint density at radius 2 is 2.24 bits per heavy atom.